The Balaban J connectivity index is 1.79. The minimum Gasteiger partial charge on any atom is -0.339 e. The van der Waals surface area contributed by atoms with Crippen molar-refractivity contribution in [3.63, 3.8) is 0 Å². The number of rotatable bonds is 3. The summed E-state index contributed by atoms with van der Waals surface area (Å²) in [6, 6.07) is 11.5. The molecule has 2 heterocycles. The van der Waals surface area contributed by atoms with Gasteiger partial charge in [-0.25, -0.2) is 9.97 Å². The van der Waals surface area contributed by atoms with E-state index in [0.717, 1.165) is 11.4 Å². The zero-order valence-electron chi connectivity index (χ0n) is 15.3. The minimum atomic E-state index is -0.124. The lowest BCUT2D eigenvalue weighted by Crippen LogP contribution is -2.50. The normalized spacial score (nSPS) is 14.3. The van der Waals surface area contributed by atoms with Crippen LogP contribution in [0.15, 0.2) is 36.4 Å². The highest BCUT2D eigenvalue weighted by atomic mass is 16.2. The summed E-state index contributed by atoms with van der Waals surface area (Å²) in [4.78, 5) is 38.6. The molecule has 3 rings (SSSR count). The number of aromatic nitrogens is 2. The Morgan fingerprint density at radius 1 is 1.00 bits per heavy atom. The molecule has 2 amide bonds. The van der Waals surface area contributed by atoms with E-state index < -0.39 is 0 Å². The smallest absolute Gasteiger partial charge is 0.272 e. The third-order valence-electron chi connectivity index (χ3n) is 4.52. The molecule has 1 aromatic carbocycles. The Hall–Kier alpha value is -2.96. The van der Waals surface area contributed by atoms with Crippen LogP contribution in [0.2, 0.25) is 0 Å². The first kappa shape index (κ1) is 17.8. The maximum Gasteiger partial charge on any atom is 0.272 e. The molecule has 0 radical (unpaired) electrons. The number of carbonyl (C=O) groups is 2. The summed E-state index contributed by atoms with van der Waals surface area (Å²) < 4.78 is 0. The van der Waals surface area contributed by atoms with Crippen LogP contribution in [0.25, 0.3) is 0 Å². The van der Waals surface area contributed by atoms with Gasteiger partial charge in [-0.2, -0.15) is 0 Å². The molecule has 0 aliphatic carbocycles. The SMILES string of the molecule is CC(=O)N1CCN(C(=O)c2cc(C)nc(N(C)c3ccccc3)n2)CC1. The fraction of sp³-hybridized carbons (Fsp3) is 0.368. The van der Waals surface area contributed by atoms with Crippen LogP contribution in [0, 0.1) is 6.92 Å². The molecular weight excluding hydrogens is 330 g/mol. The molecule has 0 unspecified atom stereocenters. The van der Waals surface area contributed by atoms with Crippen LogP contribution in [0.3, 0.4) is 0 Å². The average Bonchev–Trinajstić information content (AvgIpc) is 2.67. The summed E-state index contributed by atoms with van der Waals surface area (Å²) in [5.74, 6) is 0.407. The van der Waals surface area contributed by atoms with E-state index in [1.54, 1.807) is 22.8 Å². The summed E-state index contributed by atoms with van der Waals surface area (Å²) >= 11 is 0. The number of piperazine rings is 1. The molecule has 0 N–H and O–H groups in total. The second kappa shape index (κ2) is 7.51. The fourth-order valence-electron chi connectivity index (χ4n) is 2.97. The largest absolute Gasteiger partial charge is 0.339 e. The number of benzene rings is 1. The third-order valence-corrected chi connectivity index (χ3v) is 4.52. The van der Waals surface area contributed by atoms with Crippen molar-refractivity contribution in [2.75, 3.05) is 38.1 Å². The Morgan fingerprint density at radius 2 is 1.62 bits per heavy atom. The predicted octanol–water partition coefficient (Wildman–Crippen LogP) is 1.86. The first-order valence-electron chi connectivity index (χ1n) is 8.65. The highest BCUT2D eigenvalue weighted by Crippen LogP contribution is 2.20. The van der Waals surface area contributed by atoms with Gasteiger partial charge < -0.3 is 14.7 Å². The number of hydrogen-bond acceptors (Lipinski definition) is 5. The van der Waals surface area contributed by atoms with Crippen LogP contribution in [0.1, 0.15) is 23.1 Å². The lowest BCUT2D eigenvalue weighted by Gasteiger charge is -2.34. The van der Waals surface area contributed by atoms with Gasteiger partial charge >= 0.3 is 0 Å². The van der Waals surface area contributed by atoms with Gasteiger partial charge in [-0.1, -0.05) is 18.2 Å². The monoisotopic (exact) mass is 353 g/mol. The van der Waals surface area contributed by atoms with E-state index in [1.807, 2.05) is 49.2 Å². The van der Waals surface area contributed by atoms with E-state index >= 15 is 0 Å². The number of aryl methyl sites for hydroxylation is 1. The molecule has 0 saturated carbocycles. The maximum atomic E-state index is 12.9. The predicted molar refractivity (Wildman–Crippen MR) is 99.4 cm³/mol. The molecule has 1 aromatic heterocycles. The number of anilines is 2. The quantitative estimate of drug-likeness (QED) is 0.842. The van der Waals surface area contributed by atoms with Crippen LogP contribution in [-0.4, -0.2) is 64.8 Å². The average molecular weight is 353 g/mol. The van der Waals surface area contributed by atoms with Crippen molar-refractivity contribution in [2.24, 2.45) is 0 Å². The minimum absolute atomic E-state index is 0.0433. The third kappa shape index (κ3) is 3.82. The first-order valence-corrected chi connectivity index (χ1v) is 8.65. The molecule has 0 atom stereocenters. The van der Waals surface area contributed by atoms with Gasteiger partial charge in [0.15, 0.2) is 0 Å². The lowest BCUT2D eigenvalue weighted by atomic mass is 10.2. The van der Waals surface area contributed by atoms with Crippen LogP contribution in [-0.2, 0) is 4.79 Å². The number of amides is 2. The zero-order valence-corrected chi connectivity index (χ0v) is 15.3. The molecule has 136 valence electrons. The molecule has 0 bridgehead atoms. The Morgan fingerprint density at radius 3 is 2.23 bits per heavy atom. The van der Waals surface area contributed by atoms with Crippen molar-refractivity contribution < 1.29 is 9.59 Å². The number of carbonyl (C=O) groups excluding carboxylic acids is 2. The topological polar surface area (TPSA) is 69.6 Å². The molecule has 7 nitrogen and oxygen atoms in total. The summed E-state index contributed by atoms with van der Waals surface area (Å²) in [7, 11) is 1.88. The van der Waals surface area contributed by atoms with Gasteiger partial charge in [-0.05, 0) is 25.1 Å². The maximum absolute atomic E-state index is 12.9. The summed E-state index contributed by atoms with van der Waals surface area (Å²) in [5, 5.41) is 0. The Kier molecular flexibility index (Phi) is 5.16. The summed E-state index contributed by atoms with van der Waals surface area (Å²) in [6.07, 6.45) is 0. The molecule has 0 spiro atoms. The molecule has 26 heavy (non-hydrogen) atoms. The number of para-hydroxylation sites is 1. The summed E-state index contributed by atoms with van der Waals surface area (Å²) in [6.45, 7) is 5.56. The van der Waals surface area contributed by atoms with E-state index in [1.165, 1.54) is 0 Å². The van der Waals surface area contributed by atoms with E-state index in [9.17, 15) is 9.59 Å². The number of hydrogen-bond donors (Lipinski definition) is 0. The van der Waals surface area contributed by atoms with Crippen molar-refractivity contribution in [3.05, 3.63) is 47.8 Å². The van der Waals surface area contributed by atoms with Crippen molar-refractivity contribution in [2.45, 2.75) is 13.8 Å². The highest BCUT2D eigenvalue weighted by molar-refractivity contribution is 5.93. The molecule has 1 saturated heterocycles. The molecule has 7 heteroatoms. The van der Waals surface area contributed by atoms with Crippen molar-refractivity contribution in [3.8, 4) is 0 Å². The zero-order chi connectivity index (χ0) is 18.7. The van der Waals surface area contributed by atoms with Gasteiger partial charge in [0.1, 0.15) is 5.69 Å². The molecule has 1 aliphatic rings. The molecule has 1 aliphatic heterocycles. The Labute approximate surface area is 153 Å². The Bertz CT molecular complexity index is 801. The van der Waals surface area contributed by atoms with Crippen LogP contribution in [0.5, 0.6) is 0 Å². The van der Waals surface area contributed by atoms with Gasteiger partial charge in [-0.3, -0.25) is 9.59 Å². The molecule has 2 aromatic rings. The van der Waals surface area contributed by atoms with Gasteiger partial charge in [0.2, 0.25) is 11.9 Å². The van der Waals surface area contributed by atoms with Crippen LogP contribution >= 0.6 is 0 Å². The second-order valence-electron chi connectivity index (χ2n) is 6.39. The lowest BCUT2D eigenvalue weighted by molar-refractivity contribution is -0.130. The van der Waals surface area contributed by atoms with E-state index in [4.69, 9.17) is 0 Å². The van der Waals surface area contributed by atoms with Crippen LogP contribution < -0.4 is 4.90 Å². The van der Waals surface area contributed by atoms with Crippen molar-refractivity contribution in [1.82, 2.24) is 19.8 Å². The molecular formula is C19H23N5O2. The second-order valence-corrected chi connectivity index (χ2v) is 6.39. The fourth-order valence-corrected chi connectivity index (χ4v) is 2.97. The van der Waals surface area contributed by atoms with Gasteiger partial charge in [-0.15, -0.1) is 0 Å². The molecule has 1 fully saturated rings. The number of nitrogens with zero attached hydrogens (tertiary/aromatic N) is 5. The van der Waals surface area contributed by atoms with E-state index in [0.29, 0.717) is 37.8 Å². The van der Waals surface area contributed by atoms with E-state index in [2.05, 4.69) is 9.97 Å². The summed E-state index contributed by atoms with van der Waals surface area (Å²) in [5.41, 5.74) is 2.07. The standard InChI is InChI=1S/C19H23N5O2/c1-14-13-17(18(26)24-11-9-23(10-12-24)15(2)25)21-19(20-14)22(3)16-7-5-4-6-8-16/h4-8,13H,9-12H2,1-3H3. The van der Waals surface area contributed by atoms with Gasteiger partial charge in [0.05, 0.1) is 0 Å². The van der Waals surface area contributed by atoms with E-state index in [-0.39, 0.29) is 11.8 Å². The first-order chi connectivity index (χ1) is 12.5. The van der Waals surface area contributed by atoms with Crippen molar-refractivity contribution in [1.29, 1.82) is 0 Å². The highest BCUT2D eigenvalue weighted by Gasteiger charge is 2.25. The van der Waals surface area contributed by atoms with Crippen molar-refractivity contribution >= 4 is 23.5 Å². The van der Waals surface area contributed by atoms with Gasteiger partial charge in [0, 0.05) is 51.5 Å². The van der Waals surface area contributed by atoms with Gasteiger partial charge in [0.25, 0.3) is 5.91 Å². The van der Waals surface area contributed by atoms with Crippen LogP contribution in [0.4, 0.5) is 11.6 Å².